The topological polar surface area (TPSA) is 103 Å². The fraction of sp³-hybridized carbons (Fsp3) is 0.400. The Kier molecular flexibility index (Phi) is 2.94. The number of rotatable bonds is 4. The van der Waals surface area contributed by atoms with Crippen LogP contribution in [0.4, 0.5) is 0 Å². The Bertz CT molecular complexity index is 410. The maximum atomic E-state index is 9.85. The lowest BCUT2D eigenvalue weighted by molar-refractivity contribution is -0.690. The number of ether oxygens (including phenoxy) is 2. The van der Waals surface area contributed by atoms with Gasteiger partial charge in [0, 0.05) is 0 Å². The first-order valence-electron chi connectivity index (χ1n) is 4.88. The van der Waals surface area contributed by atoms with Crippen LogP contribution in [0.5, 0.6) is 11.5 Å². The Morgan fingerprint density at radius 2 is 1.88 bits per heavy atom. The summed E-state index contributed by atoms with van der Waals surface area (Å²) in [5, 5.41) is 19.5. The van der Waals surface area contributed by atoms with E-state index in [0.29, 0.717) is 5.75 Å². The Hall–Kier alpha value is -1.38. The van der Waals surface area contributed by atoms with Gasteiger partial charge < -0.3 is 25.4 Å². The molecule has 2 unspecified atom stereocenters. The van der Waals surface area contributed by atoms with Gasteiger partial charge in [0.05, 0.1) is 13.7 Å². The van der Waals surface area contributed by atoms with Gasteiger partial charge >= 0.3 is 11.8 Å². The molecule has 7 heteroatoms. The maximum Gasteiger partial charge on any atom is 0.413 e. The summed E-state index contributed by atoms with van der Waals surface area (Å²) in [5.41, 5.74) is 5.24. The van der Waals surface area contributed by atoms with Crippen molar-refractivity contribution in [3.8, 4) is 11.5 Å². The van der Waals surface area contributed by atoms with Gasteiger partial charge in [-0.2, -0.15) is 9.78 Å². The van der Waals surface area contributed by atoms with Gasteiger partial charge in [-0.05, 0) is 12.1 Å². The highest BCUT2D eigenvalue weighted by Gasteiger charge is 2.66. The third-order valence-corrected chi connectivity index (χ3v) is 2.38. The van der Waals surface area contributed by atoms with Crippen LogP contribution < -0.4 is 15.2 Å². The minimum atomic E-state index is -2.35. The molecule has 1 aliphatic heterocycles. The number of para-hydroxylation sites is 2. The normalized spacial score (nSPS) is 31.8. The minimum Gasteiger partial charge on any atom is -0.493 e. The van der Waals surface area contributed by atoms with E-state index in [0.717, 1.165) is 0 Å². The molecule has 0 amide bonds. The average molecular weight is 243 g/mol. The molecule has 7 nitrogen and oxygen atoms in total. The molecule has 2 atom stereocenters. The van der Waals surface area contributed by atoms with E-state index in [1.54, 1.807) is 18.2 Å². The van der Waals surface area contributed by atoms with Gasteiger partial charge in [0.15, 0.2) is 11.5 Å². The van der Waals surface area contributed by atoms with Gasteiger partial charge in [-0.1, -0.05) is 12.1 Å². The highest BCUT2D eigenvalue weighted by atomic mass is 17.3. The van der Waals surface area contributed by atoms with E-state index in [2.05, 4.69) is 9.78 Å². The van der Waals surface area contributed by atoms with Gasteiger partial charge in [-0.3, -0.25) is 0 Å². The Morgan fingerprint density at radius 1 is 1.24 bits per heavy atom. The van der Waals surface area contributed by atoms with Crippen LogP contribution in [0.3, 0.4) is 0 Å². The van der Waals surface area contributed by atoms with Gasteiger partial charge in [-0.15, -0.1) is 0 Å². The molecule has 1 fully saturated rings. The van der Waals surface area contributed by atoms with Crippen LogP contribution in [0.15, 0.2) is 24.3 Å². The van der Waals surface area contributed by atoms with Gasteiger partial charge in [0.25, 0.3) is 0 Å². The molecular weight excluding hydrogens is 230 g/mol. The molecule has 0 aliphatic carbocycles. The molecule has 1 saturated heterocycles. The van der Waals surface area contributed by atoms with E-state index in [-0.39, 0.29) is 5.75 Å². The number of hydrogen-bond acceptors (Lipinski definition) is 7. The molecule has 4 N–H and O–H groups in total. The van der Waals surface area contributed by atoms with E-state index in [1.807, 2.05) is 0 Å². The SMILES string of the molecule is COc1ccccc1OC1(O)OOC1(O)CN. The summed E-state index contributed by atoms with van der Waals surface area (Å²) in [5.74, 6) is -3.90. The van der Waals surface area contributed by atoms with Gasteiger partial charge in [0.2, 0.25) is 0 Å². The van der Waals surface area contributed by atoms with Crippen LogP contribution in [0, 0.1) is 0 Å². The van der Waals surface area contributed by atoms with Crippen LogP contribution in [0.1, 0.15) is 0 Å². The molecular formula is C10H13NO6. The van der Waals surface area contributed by atoms with Crippen molar-refractivity contribution in [3.05, 3.63) is 24.3 Å². The Balaban J connectivity index is 2.21. The zero-order chi connectivity index (χ0) is 12.5. The second-order valence-electron chi connectivity index (χ2n) is 3.49. The monoisotopic (exact) mass is 243 g/mol. The first-order chi connectivity index (χ1) is 8.04. The number of aliphatic hydroxyl groups is 2. The van der Waals surface area contributed by atoms with Crippen molar-refractivity contribution in [2.45, 2.75) is 11.8 Å². The second-order valence-corrected chi connectivity index (χ2v) is 3.49. The second kappa shape index (κ2) is 4.13. The third-order valence-electron chi connectivity index (χ3n) is 2.38. The molecule has 2 rings (SSSR count). The predicted molar refractivity (Wildman–Crippen MR) is 54.7 cm³/mol. The molecule has 0 spiro atoms. The van der Waals surface area contributed by atoms with E-state index in [9.17, 15) is 10.2 Å². The highest BCUT2D eigenvalue weighted by molar-refractivity contribution is 5.39. The third kappa shape index (κ3) is 1.84. The molecule has 1 heterocycles. The lowest BCUT2D eigenvalue weighted by Crippen LogP contribution is -2.73. The lowest BCUT2D eigenvalue weighted by Gasteiger charge is -2.46. The molecule has 17 heavy (non-hydrogen) atoms. The molecule has 0 aromatic heterocycles. The zero-order valence-electron chi connectivity index (χ0n) is 9.12. The number of hydrogen-bond donors (Lipinski definition) is 3. The van der Waals surface area contributed by atoms with Crippen LogP contribution in [0.25, 0.3) is 0 Å². The van der Waals surface area contributed by atoms with Gasteiger partial charge in [-0.25, -0.2) is 0 Å². The summed E-state index contributed by atoms with van der Waals surface area (Å²) in [6.07, 6.45) is 0. The smallest absolute Gasteiger partial charge is 0.413 e. The number of benzene rings is 1. The van der Waals surface area contributed by atoms with Crippen LogP contribution in [-0.2, 0) is 9.78 Å². The van der Waals surface area contributed by atoms with Crippen LogP contribution in [-0.4, -0.2) is 35.6 Å². The highest BCUT2D eigenvalue weighted by Crippen LogP contribution is 2.40. The number of nitrogens with two attached hydrogens (primary N) is 1. The number of methoxy groups -OCH3 is 1. The summed E-state index contributed by atoms with van der Waals surface area (Å²) in [7, 11) is 1.44. The first-order valence-corrected chi connectivity index (χ1v) is 4.88. The molecule has 0 bridgehead atoms. The van der Waals surface area contributed by atoms with Crippen molar-refractivity contribution < 1.29 is 29.5 Å². The minimum absolute atomic E-state index is 0.188. The summed E-state index contributed by atoms with van der Waals surface area (Å²) in [4.78, 5) is 8.72. The fourth-order valence-electron chi connectivity index (χ4n) is 1.32. The van der Waals surface area contributed by atoms with Crippen molar-refractivity contribution >= 4 is 0 Å². The lowest BCUT2D eigenvalue weighted by atomic mass is 10.2. The van der Waals surface area contributed by atoms with E-state index in [1.165, 1.54) is 13.2 Å². The van der Waals surface area contributed by atoms with E-state index in [4.69, 9.17) is 15.2 Å². The molecule has 1 aromatic rings. The predicted octanol–water partition coefficient (Wildman–Crippen LogP) is -0.671. The van der Waals surface area contributed by atoms with E-state index >= 15 is 0 Å². The summed E-state index contributed by atoms with van der Waals surface area (Å²) in [6.45, 7) is -0.390. The van der Waals surface area contributed by atoms with Crippen molar-refractivity contribution in [2.24, 2.45) is 5.73 Å². The van der Waals surface area contributed by atoms with Crippen molar-refractivity contribution in [2.75, 3.05) is 13.7 Å². The molecule has 0 saturated carbocycles. The van der Waals surface area contributed by atoms with Crippen LogP contribution >= 0.6 is 0 Å². The Labute approximate surface area is 97.2 Å². The molecule has 1 aliphatic rings. The molecule has 94 valence electrons. The average Bonchev–Trinajstić information content (AvgIpc) is 2.37. The fourth-order valence-corrected chi connectivity index (χ4v) is 1.32. The molecule has 1 aromatic carbocycles. The van der Waals surface area contributed by atoms with Gasteiger partial charge in [0.1, 0.15) is 0 Å². The molecule has 0 radical (unpaired) electrons. The van der Waals surface area contributed by atoms with Crippen molar-refractivity contribution in [3.63, 3.8) is 0 Å². The largest absolute Gasteiger partial charge is 0.493 e. The van der Waals surface area contributed by atoms with Crippen molar-refractivity contribution in [1.29, 1.82) is 0 Å². The first kappa shape index (κ1) is 12.1. The summed E-state index contributed by atoms with van der Waals surface area (Å²) in [6, 6.07) is 6.56. The summed E-state index contributed by atoms with van der Waals surface area (Å²) < 4.78 is 10.1. The van der Waals surface area contributed by atoms with E-state index < -0.39 is 18.3 Å². The summed E-state index contributed by atoms with van der Waals surface area (Å²) >= 11 is 0. The zero-order valence-corrected chi connectivity index (χ0v) is 9.12. The quantitative estimate of drug-likeness (QED) is 0.476. The van der Waals surface area contributed by atoms with Crippen molar-refractivity contribution in [1.82, 2.24) is 0 Å². The Morgan fingerprint density at radius 3 is 2.35 bits per heavy atom. The van der Waals surface area contributed by atoms with Crippen LogP contribution in [0.2, 0.25) is 0 Å². The maximum absolute atomic E-state index is 9.85. The standard InChI is InChI=1S/C10H13NO6/c1-14-7-4-2-3-5-8(7)15-10(13)9(12,6-11)16-17-10/h2-5,12-13H,6,11H2,1H3.